The lowest BCUT2D eigenvalue weighted by Gasteiger charge is -2.12. The van der Waals surface area contributed by atoms with Gasteiger partial charge in [-0.3, -0.25) is 9.59 Å². The van der Waals surface area contributed by atoms with Gasteiger partial charge in [0.2, 0.25) is 5.91 Å². The second-order valence-corrected chi connectivity index (χ2v) is 5.44. The number of fused-ring (bicyclic) bond motifs is 3. The molecule has 3 aromatic rings. The van der Waals surface area contributed by atoms with Crippen LogP contribution in [0, 0.1) is 0 Å². The van der Waals surface area contributed by atoms with E-state index in [1.807, 2.05) is 38.1 Å². The van der Waals surface area contributed by atoms with Gasteiger partial charge in [0.05, 0.1) is 6.20 Å². The maximum Gasteiger partial charge on any atom is 0.288 e. The Hall–Kier alpha value is -2.63. The summed E-state index contributed by atoms with van der Waals surface area (Å²) in [5.74, 6) is -0.104. The first-order chi connectivity index (χ1) is 10.6. The number of H-pyrrole nitrogens is 1. The molecule has 3 rings (SSSR count). The Kier molecular flexibility index (Phi) is 3.66. The van der Waals surface area contributed by atoms with Gasteiger partial charge in [0.15, 0.2) is 0 Å². The van der Waals surface area contributed by atoms with Crippen LogP contribution in [0.1, 0.15) is 20.3 Å². The molecule has 1 atom stereocenters. The molecule has 22 heavy (non-hydrogen) atoms. The summed E-state index contributed by atoms with van der Waals surface area (Å²) in [5, 5.41) is 10.9. The van der Waals surface area contributed by atoms with E-state index in [4.69, 9.17) is 0 Å². The van der Waals surface area contributed by atoms with E-state index in [9.17, 15) is 9.59 Å². The molecule has 0 aliphatic heterocycles. The Labute approximate surface area is 127 Å². The van der Waals surface area contributed by atoms with Crippen molar-refractivity contribution in [1.82, 2.24) is 20.1 Å². The van der Waals surface area contributed by atoms with E-state index in [1.165, 1.54) is 0 Å². The Morgan fingerprint density at radius 2 is 2.14 bits per heavy atom. The number of carbonyl (C=O) groups excluding carboxylic acids is 1. The first kappa shape index (κ1) is 14.3. The van der Waals surface area contributed by atoms with Crippen LogP contribution in [0.25, 0.3) is 21.8 Å². The van der Waals surface area contributed by atoms with Crippen LogP contribution >= 0.6 is 0 Å². The summed E-state index contributed by atoms with van der Waals surface area (Å²) in [5.41, 5.74) is 1.05. The quantitative estimate of drug-likeness (QED) is 0.770. The van der Waals surface area contributed by atoms with Crippen molar-refractivity contribution in [3.05, 3.63) is 40.8 Å². The molecule has 2 aromatic heterocycles. The lowest BCUT2D eigenvalue weighted by molar-refractivity contribution is -0.122. The van der Waals surface area contributed by atoms with Gasteiger partial charge in [0.1, 0.15) is 12.1 Å². The average Bonchev–Trinajstić information content (AvgIpc) is 2.83. The number of nitrogens with one attached hydrogen (secondary N) is 2. The molecule has 0 spiro atoms. The van der Waals surface area contributed by atoms with Crippen LogP contribution in [-0.4, -0.2) is 26.7 Å². The molecule has 0 unspecified atom stereocenters. The molecule has 1 amide bonds. The molecule has 0 saturated carbocycles. The third-order valence-corrected chi connectivity index (χ3v) is 3.91. The van der Waals surface area contributed by atoms with Crippen LogP contribution in [0.5, 0.6) is 0 Å². The molecule has 2 N–H and O–H groups in total. The van der Waals surface area contributed by atoms with Crippen molar-refractivity contribution in [1.29, 1.82) is 0 Å². The van der Waals surface area contributed by atoms with Gasteiger partial charge in [-0.05, 0) is 19.4 Å². The van der Waals surface area contributed by atoms with E-state index < -0.39 is 0 Å². The summed E-state index contributed by atoms with van der Waals surface area (Å²) in [6, 6.07) is 7.76. The molecule has 114 valence electrons. The van der Waals surface area contributed by atoms with E-state index in [0.29, 0.717) is 5.52 Å². The first-order valence-corrected chi connectivity index (χ1v) is 7.35. The number of nitrogens with zero attached hydrogens (tertiary/aromatic N) is 2. The number of aromatic nitrogens is 3. The molecule has 1 aromatic carbocycles. The molecule has 2 heterocycles. The van der Waals surface area contributed by atoms with Crippen LogP contribution in [0.3, 0.4) is 0 Å². The standard InChI is InChI=1S/C16H18N4O2/c1-3-10(2)18-14(21)9-20-13-7-5-4-6-11(13)12-8-17-19-16(22)15(12)20/h4-8,10H,3,9H2,1-2H3,(H,18,21)(H,19,22)/t10-/m0/s1. The fourth-order valence-corrected chi connectivity index (χ4v) is 2.64. The van der Waals surface area contributed by atoms with E-state index in [2.05, 4.69) is 15.5 Å². The van der Waals surface area contributed by atoms with Crippen molar-refractivity contribution in [2.24, 2.45) is 0 Å². The summed E-state index contributed by atoms with van der Waals surface area (Å²) in [6.45, 7) is 4.09. The van der Waals surface area contributed by atoms with E-state index in [0.717, 1.165) is 22.7 Å². The van der Waals surface area contributed by atoms with Gasteiger partial charge >= 0.3 is 0 Å². The number of rotatable bonds is 4. The van der Waals surface area contributed by atoms with E-state index in [1.54, 1.807) is 10.8 Å². The minimum Gasteiger partial charge on any atom is -0.352 e. The first-order valence-electron chi connectivity index (χ1n) is 7.35. The smallest absolute Gasteiger partial charge is 0.288 e. The SMILES string of the molecule is CC[C@H](C)NC(=O)Cn1c2ccccc2c2cn[nH]c(=O)c21. The van der Waals surface area contributed by atoms with Gasteiger partial charge in [-0.15, -0.1) is 0 Å². The molecule has 0 radical (unpaired) electrons. The number of para-hydroxylation sites is 1. The average molecular weight is 298 g/mol. The molecule has 0 aliphatic carbocycles. The van der Waals surface area contributed by atoms with Crippen LogP contribution in [0.2, 0.25) is 0 Å². The molecule has 0 fully saturated rings. The minimum atomic E-state index is -0.287. The lowest BCUT2D eigenvalue weighted by atomic mass is 10.2. The van der Waals surface area contributed by atoms with Gasteiger partial charge < -0.3 is 9.88 Å². The van der Waals surface area contributed by atoms with Crippen LogP contribution in [-0.2, 0) is 11.3 Å². The van der Waals surface area contributed by atoms with Gasteiger partial charge in [0, 0.05) is 22.3 Å². The monoisotopic (exact) mass is 298 g/mol. The molecular weight excluding hydrogens is 280 g/mol. The zero-order valence-corrected chi connectivity index (χ0v) is 12.6. The van der Waals surface area contributed by atoms with Gasteiger partial charge in [0.25, 0.3) is 5.56 Å². The highest BCUT2D eigenvalue weighted by molar-refractivity contribution is 6.07. The Balaban J connectivity index is 2.14. The number of aromatic amines is 1. The zero-order valence-electron chi connectivity index (χ0n) is 12.6. The van der Waals surface area contributed by atoms with Crippen LogP contribution < -0.4 is 10.9 Å². The number of carbonyl (C=O) groups is 1. The number of hydrogen-bond donors (Lipinski definition) is 2. The van der Waals surface area contributed by atoms with Crippen LogP contribution in [0.15, 0.2) is 35.3 Å². The molecule has 6 heteroatoms. The van der Waals surface area contributed by atoms with Crippen molar-refractivity contribution < 1.29 is 4.79 Å². The molecule has 0 aliphatic rings. The fourth-order valence-electron chi connectivity index (χ4n) is 2.64. The summed E-state index contributed by atoms with van der Waals surface area (Å²) < 4.78 is 1.75. The molecule has 0 saturated heterocycles. The third kappa shape index (κ3) is 2.36. The Morgan fingerprint density at radius 1 is 1.36 bits per heavy atom. The second kappa shape index (κ2) is 5.63. The van der Waals surface area contributed by atoms with E-state index >= 15 is 0 Å². The summed E-state index contributed by atoms with van der Waals surface area (Å²) in [6.07, 6.45) is 2.49. The van der Waals surface area contributed by atoms with Crippen molar-refractivity contribution in [3.63, 3.8) is 0 Å². The number of hydrogen-bond acceptors (Lipinski definition) is 3. The molecule has 6 nitrogen and oxygen atoms in total. The topological polar surface area (TPSA) is 79.8 Å². The maximum atomic E-state index is 12.2. The second-order valence-electron chi connectivity index (χ2n) is 5.44. The van der Waals surface area contributed by atoms with Gasteiger partial charge in [-0.1, -0.05) is 25.1 Å². The highest BCUT2D eigenvalue weighted by Crippen LogP contribution is 2.25. The highest BCUT2D eigenvalue weighted by Gasteiger charge is 2.16. The lowest BCUT2D eigenvalue weighted by Crippen LogP contribution is -2.34. The predicted molar refractivity (Wildman–Crippen MR) is 85.8 cm³/mol. The third-order valence-electron chi connectivity index (χ3n) is 3.91. The zero-order chi connectivity index (χ0) is 15.7. The maximum absolute atomic E-state index is 12.2. The van der Waals surface area contributed by atoms with Gasteiger partial charge in [-0.25, -0.2) is 5.10 Å². The highest BCUT2D eigenvalue weighted by atomic mass is 16.2. The van der Waals surface area contributed by atoms with Crippen molar-refractivity contribution in [3.8, 4) is 0 Å². The fraction of sp³-hybridized carbons (Fsp3) is 0.312. The number of amides is 1. The minimum absolute atomic E-state index is 0.104. The predicted octanol–water partition coefficient (Wildman–Crippen LogP) is 1.79. The van der Waals surface area contributed by atoms with Crippen molar-refractivity contribution >= 4 is 27.7 Å². The normalized spacial score (nSPS) is 12.6. The summed E-state index contributed by atoms with van der Waals surface area (Å²) >= 11 is 0. The molecule has 0 bridgehead atoms. The Bertz CT molecular complexity index is 894. The Morgan fingerprint density at radius 3 is 2.91 bits per heavy atom. The van der Waals surface area contributed by atoms with E-state index in [-0.39, 0.29) is 24.1 Å². The summed E-state index contributed by atoms with van der Waals surface area (Å²) in [4.78, 5) is 24.4. The van der Waals surface area contributed by atoms with Crippen LogP contribution in [0.4, 0.5) is 0 Å². The van der Waals surface area contributed by atoms with Crippen molar-refractivity contribution in [2.45, 2.75) is 32.9 Å². The largest absolute Gasteiger partial charge is 0.352 e. The summed E-state index contributed by atoms with van der Waals surface area (Å²) in [7, 11) is 0. The van der Waals surface area contributed by atoms with Crippen molar-refractivity contribution in [2.75, 3.05) is 0 Å². The van der Waals surface area contributed by atoms with Gasteiger partial charge in [-0.2, -0.15) is 5.10 Å². The number of benzene rings is 1. The molecular formula is C16H18N4O2.